The predicted molar refractivity (Wildman–Crippen MR) is 80.6 cm³/mol. The molecule has 0 amide bonds. The van der Waals surface area contributed by atoms with Crippen molar-refractivity contribution >= 4 is 16.6 Å². The second kappa shape index (κ2) is 5.65. The van der Waals surface area contributed by atoms with Gasteiger partial charge < -0.3 is 10.5 Å². The highest BCUT2D eigenvalue weighted by atomic mass is 16.5. The minimum Gasteiger partial charge on any atom is -0.474 e. The second-order valence-corrected chi connectivity index (χ2v) is 5.56. The normalized spacial score (nSPS) is 22.9. The first-order valence-corrected chi connectivity index (χ1v) is 7.45. The molecular weight excluding hydrogens is 250 g/mol. The number of hydrogen-bond donors (Lipinski definition) is 1. The Balaban J connectivity index is 1.90. The van der Waals surface area contributed by atoms with Gasteiger partial charge in [0.05, 0.1) is 10.9 Å². The summed E-state index contributed by atoms with van der Waals surface area (Å²) < 4.78 is 6.22. The van der Waals surface area contributed by atoms with Crippen LogP contribution in [0.5, 0.6) is 5.88 Å². The monoisotopic (exact) mass is 271 g/mol. The quantitative estimate of drug-likeness (QED) is 0.867. The molecule has 1 aliphatic rings. The minimum absolute atomic E-state index is 0.282. The molecule has 2 unspecified atom stereocenters. The first kappa shape index (κ1) is 13.2. The lowest BCUT2D eigenvalue weighted by molar-refractivity contribution is 0.0874. The number of ether oxygens (including phenoxy) is 1. The Kier molecular flexibility index (Phi) is 3.72. The third-order valence-corrected chi connectivity index (χ3v) is 4.25. The van der Waals surface area contributed by atoms with Crippen LogP contribution in [0.2, 0.25) is 0 Å². The maximum atomic E-state index is 6.22. The van der Waals surface area contributed by atoms with E-state index in [1.54, 1.807) is 6.33 Å². The summed E-state index contributed by atoms with van der Waals surface area (Å²) in [6.45, 7) is 2.24. The Hall–Kier alpha value is -1.84. The van der Waals surface area contributed by atoms with Gasteiger partial charge in [0.1, 0.15) is 12.4 Å². The van der Waals surface area contributed by atoms with Crippen molar-refractivity contribution < 1.29 is 4.74 Å². The molecule has 2 N–H and O–H groups in total. The number of aromatic nitrogens is 2. The first-order chi connectivity index (χ1) is 9.78. The molecule has 1 aliphatic carbocycles. The van der Waals surface area contributed by atoms with Gasteiger partial charge in [-0.05, 0) is 49.8 Å². The molecule has 0 radical (unpaired) electrons. The van der Waals surface area contributed by atoms with E-state index in [4.69, 9.17) is 10.5 Å². The molecular formula is C16H21N3O. The van der Waals surface area contributed by atoms with Gasteiger partial charge in [0.25, 0.3) is 0 Å². The second-order valence-electron chi connectivity index (χ2n) is 5.56. The van der Waals surface area contributed by atoms with Crippen LogP contribution in [-0.4, -0.2) is 16.1 Å². The smallest absolute Gasteiger partial charge is 0.224 e. The Morgan fingerprint density at radius 3 is 2.95 bits per heavy atom. The van der Waals surface area contributed by atoms with Gasteiger partial charge in [-0.15, -0.1) is 0 Å². The van der Waals surface area contributed by atoms with Crippen molar-refractivity contribution in [3.8, 4) is 5.88 Å². The van der Waals surface area contributed by atoms with Crippen molar-refractivity contribution in [3.63, 3.8) is 0 Å². The molecule has 1 saturated carbocycles. The average Bonchev–Trinajstić information content (AvgIpc) is 2.47. The van der Waals surface area contributed by atoms with E-state index >= 15 is 0 Å². The van der Waals surface area contributed by atoms with Gasteiger partial charge in [0.2, 0.25) is 5.88 Å². The number of anilines is 1. The molecule has 0 spiro atoms. The van der Waals surface area contributed by atoms with E-state index in [1.807, 2.05) is 18.2 Å². The lowest BCUT2D eigenvalue weighted by Gasteiger charge is -2.31. The van der Waals surface area contributed by atoms with Gasteiger partial charge >= 0.3 is 0 Å². The van der Waals surface area contributed by atoms with E-state index in [1.165, 1.54) is 25.7 Å². The van der Waals surface area contributed by atoms with E-state index in [-0.39, 0.29) is 6.10 Å². The molecule has 4 heteroatoms. The third-order valence-electron chi connectivity index (χ3n) is 4.25. The molecule has 1 aromatic carbocycles. The summed E-state index contributed by atoms with van der Waals surface area (Å²) in [6.07, 6.45) is 7.96. The van der Waals surface area contributed by atoms with Crippen LogP contribution in [0.15, 0.2) is 24.5 Å². The van der Waals surface area contributed by atoms with Crippen LogP contribution in [-0.2, 0) is 0 Å². The van der Waals surface area contributed by atoms with Crippen LogP contribution in [0.25, 0.3) is 10.9 Å². The highest BCUT2D eigenvalue weighted by Gasteiger charge is 2.26. The molecule has 3 rings (SSSR count). The van der Waals surface area contributed by atoms with Gasteiger partial charge in [-0.2, -0.15) is 0 Å². The van der Waals surface area contributed by atoms with Gasteiger partial charge in [-0.3, -0.25) is 0 Å². The zero-order chi connectivity index (χ0) is 13.9. The third kappa shape index (κ3) is 2.55. The van der Waals surface area contributed by atoms with Crippen LogP contribution in [0.3, 0.4) is 0 Å². The highest BCUT2D eigenvalue weighted by Crippen LogP contribution is 2.32. The molecule has 1 fully saturated rings. The largest absolute Gasteiger partial charge is 0.474 e. The minimum atomic E-state index is 0.282. The zero-order valence-corrected chi connectivity index (χ0v) is 11.9. The summed E-state index contributed by atoms with van der Waals surface area (Å²) in [5.74, 6) is 1.34. The first-order valence-electron chi connectivity index (χ1n) is 7.45. The van der Waals surface area contributed by atoms with Crippen molar-refractivity contribution in [2.45, 2.75) is 45.1 Å². The lowest BCUT2D eigenvalue weighted by atomic mass is 9.85. The predicted octanol–water partition coefficient (Wildman–Crippen LogP) is 3.56. The van der Waals surface area contributed by atoms with E-state index in [9.17, 15) is 0 Å². The lowest BCUT2D eigenvalue weighted by Crippen LogP contribution is -2.30. The topological polar surface area (TPSA) is 61.0 Å². The van der Waals surface area contributed by atoms with E-state index in [0.717, 1.165) is 17.3 Å². The van der Waals surface area contributed by atoms with Crippen LogP contribution in [0, 0.1) is 5.92 Å². The Labute approximate surface area is 119 Å². The summed E-state index contributed by atoms with van der Waals surface area (Å²) in [4.78, 5) is 8.59. The van der Waals surface area contributed by atoms with E-state index in [0.29, 0.717) is 17.5 Å². The Morgan fingerprint density at radius 1 is 1.25 bits per heavy atom. The number of fused-ring (bicyclic) bond motifs is 1. The van der Waals surface area contributed by atoms with Crippen LogP contribution in [0.1, 0.15) is 39.0 Å². The van der Waals surface area contributed by atoms with Crippen molar-refractivity contribution in [2.75, 3.05) is 5.73 Å². The highest BCUT2D eigenvalue weighted by molar-refractivity contribution is 5.85. The number of nitrogens with zero attached hydrogens (tertiary/aromatic N) is 2. The number of nitrogens with two attached hydrogens (primary N) is 1. The number of nitrogen functional groups attached to an aromatic ring is 1. The maximum Gasteiger partial charge on any atom is 0.224 e. The molecule has 1 heterocycles. The molecule has 2 aromatic rings. The standard InChI is InChI=1S/C16H21N3O/c1-2-11-5-3-4-6-15(11)20-16-13-8-7-12(17)9-14(13)18-10-19-16/h7-11,15H,2-6,17H2,1H3. The fraction of sp³-hybridized carbons (Fsp3) is 0.500. The zero-order valence-electron chi connectivity index (χ0n) is 11.9. The van der Waals surface area contributed by atoms with Crippen molar-refractivity contribution in [2.24, 2.45) is 5.92 Å². The van der Waals surface area contributed by atoms with Crippen molar-refractivity contribution in [1.29, 1.82) is 0 Å². The summed E-state index contributed by atoms with van der Waals surface area (Å²) >= 11 is 0. The maximum absolute atomic E-state index is 6.22. The van der Waals surface area contributed by atoms with E-state index < -0.39 is 0 Å². The fourth-order valence-electron chi connectivity index (χ4n) is 3.08. The SMILES string of the molecule is CCC1CCCCC1Oc1ncnc2cc(N)ccc12. The van der Waals surface area contributed by atoms with Gasteiger partial charge in [-0.25, -0.2) is 9.97 Å². The molecule has 2 atom stereocenters. The number of hydrogen-bond acceptors (Lipinski definition) is 4. The number of benzene rings is 1. The molecule has 4 nitrogen and oxygen atoms in total. The van der Waals surface area contributed by atoms with Crippen molar-refractivity contribution in [1.82, 2.24) is 9.97 Å². The molecule has 0 aliphatic heterocycles. The molecule has 20 heavy (non-hydrogen) atoms. The van der Waals surface area contributed by atoms with Crippen molar-refractivity contribution in [3.05, 3.63) is 24.5 Å². The molecule has 0 bridgehead atoms. The van der Waals surface area contributed by atoms with Crippen LogP contribution < -0.4 is 10.5 Å². The summed E-state index contributed by atoms with van der Waals surface area (Å²) in [6, 6.07) is 5.68. The fourth-order valence-corrected chi connectivity index (χ4v) is 3.08. The molecule has 0 saturated heterocycles. The average molecular weight is 271 g/mol. The van der Waals surface area contributed by atoms with Gasteiger partial charge in [0.15, 0.2) is 0 Å². The van der Waals surface area contributed by atoms with Gasteiger partial charge in [-0.1, -0.05) is 13.3 Å². The van der Waals surface area contributed by atoms with Crippen LogP contribution >= 0.6 is 0 Å². The Morgan fingerprint density at radius 2 is 2.10 bits per heavy atom. The summed E-state index contributed by atoms with van der Waals surface area (Å²) in [7, 11) is 0. The van der Waals surface area contributed by atoms with Crippen LogP contribution in [0.4, 0.5) is 5.69 Å². The van der Waals surface area contributed by atoms with Gasteiger partial charge in [0, 0.05) is 5.69 Å². The molecule has 1 aromatic heterocycles. The number of rotatable bonds is 3. The molecule has 106 valence electrons. The summed E-state index contributed by atoms with van der Waals surface area (Å²) in [5.41, 5.74) is 7.36. The Bertz CT molecular complexity index is 599. The van der Waals surface area contributed by atoms with E-state index in [2.05, 4.69) is 16.9 Å². The summed E-state index contributed by atoms with van der Waals surface area (Å²) in [5, 5.41) is 0.946.